The number of nitrogens with two attached hydrogens (primary N) is 1. The average Bonchev–Trinajstić information content (AvgIpc) is 2.76. The summed E-state index contributed by atoms with van der Waals surface area (Å²) in [6.07, 6.45) is 1.82. The number of nitrogen functional groups attached to an aromatic ring is 1. The van der Waals surface area contributed by atoms with Crippen LogP contribution in [0, 0.1) is 13.8 Å². The second kappa shape index (κ2) is 4.48. The fourth-order valence-electron chi connectivity index (χ4n) is 2.49. The van der Waals surface area contributed by atoms with Gasteiger partial charge in [-0.1, -0.05) is 13.8 Å². The molecule has 0 fully saturated rings. The van der Waals surface area contributed by atoms with E-state index >= 15 is 0 Å². The molecule has 5 heteroatoms. The number of aryl methyl sites for hydroxylation is 3. The Bertz CT molecular complexity index is 577. The lowest BCUT2D eigenvalue weighted by Gasteiger charge is -2.06. The van der Waals surface area contributed by atoms with Crippen LogP contribution in [0.1, 0.15) is 36.5 Å². The van der Waals surface area contributed by atoms with E-state index in [2.05, 4.69) is 31.0 Å². The molecule has 0 aliphatic rings. The highest BCUT2D eigenvalue weighted by Crippen LogP contribution is 2.24. The first kappa shape index (κ1) is 12.7. The fraction of sp³-hybridized carbons (Fsp3) is 0.538. The van der Waals surface area contributed by atoms with Gasteiger partial charge in [-0.3, -0.25) is 0 Å². The first-order valence-corrected chi connectivity index (χ1v) is 6.38. The van der Waals surface area contributed by atoms with Crippen LogP contribution in [-0.4, -0.2) is 19.6 Å². The van der Waals surface area contributed by atoms with E-state index in [0.717, 1.165) is 41.4 Å². The van der Waals surface area contributed by atoms with Crippen molar-refractivity contribution in [2.24, 2.45) is 7.05 Å². The quantitative estimate of drug-likeness (QED) is 0.901. The Balaban J connectivity index is 2.66. The van der Waals surface area contributed by atoms with E-state index in [0.29, 0.717) is 0 Å². The standard InChI is InChI=1S/C13H21N5/c1-6-10-8(3)15-18(9(10)4)13-12(14)11(7-2)16-17(13)5/h6-7,14H2,1-5H3. The van der Waals surface area contributed by atoms with Crippen molar-refractivity contribution in [1.29, 1.82) is 0 Å². The maximum absolute atomic E-state index is 6.17. The summed E-state index contributed by atoms with van der Waals surface area (Å²) in [6.45, 7) is 8.32. The Hall–Kier alpha value is -1.78. The number of aromatic nitrogens is 4. The fourth-order valence-corrected chi connectivity index (χ4v) is 2.49. The first-order chi connectivity index (χ1) is 8.51. The third kappa shape index (κ3) is 1.70. The van der Waals surface area contributed by atoms with Crippen molar-refractivity contribution in [3.05, 3.63) is 22.6 Å². The summed E-state index contributed by atoms with van der Waals surface area (Å²) in [4.78, 5) is 0. The van der Waals surface area contributed by atoms with E-state index in [9.17, 15) is 0 Å². The number of anilines is 1. The van der Waals surface area contributed by atoms with Crippen LogP contribution in [0.5, 0.6) is 0 Å². The van der Waals surface area contributed by atoms with Crippen LogP contribution < -0.4 is 5.73 Å². The van der Waals surface area contributed by atoms with Crippen molar-refractivity contribution in [1.82, 2.24) is 19.6 Å². The highest BCUT2D eigenvalue weighted by molar-refractivity contribution is 5.58. The van der Waals surface area contributed by atoms with Gasteiger partial charge in [0.05, 0.1) is 11.4 Å². The Labute approximate surface area is 108 Å². The molecule has 0 unspecified atom stereocenters. The average molecular weight is 247 g/mol. The molecule has 0 saturated carbocycles. The van der Waals surface area contributed by atoms with Crippen molar-refractivity contribution in [2.45, 2.75) is 40.5 Å². The van der Waals surface area contributed by atoms with E-state index in [1.807, 2.05) is 23.3 Å². The maximum Gasteiger partial charge on any atom is 0.175 e. The topological polar surface area (TPSA) is 61.7 Å². The van der Waals surface area contributed by atoms with E-state index < -0.39 is 0 Å². The first-order valence-electron chi connectivity index (χ1n) is 6.38. The van der Waals surface area contributed by atoms with Crippen molar-refractivity contribution in [3.63, 3.8) is 0 Å². The molecule has 0 amide bonds. The van der Waals surface area contributed by atoms with Gasteiger partial charge in [-0.15, -0.1) is 0 Å². The van der Waals surface area contributed by atoms with Crippen molar-refractivity contribution >= 4 is 5.69 Å². The Morgan fingerprint density at radius 1 is 1.11 bits per heavy atom. The number of nitrogens with zero attached hydrogens (tertiary/aromatic N) is 4. The predicted octanol–water partition coefficient (Wildman–Crippen LogP) is 1.93. The van der Waals surface area contributed by atoms with E-state index in [1.54, 1.807) is 0 Å². The Morgan fingerprint density at radius 2 is 1.78 bits per heavy atom. The maximum atomic E-state index is 6.17. The Kier molecular flexibility index (Phi) is 3.15. The molecule has 0 saturated heterocycles. The molecule has 0 radical (unpaired) electrons. The lowest BCUT2D eigenvalue weighted by atomic mass is 10.1. The van der Waals surface area contributed by atoms with Gasteiger partial charge in [-0.05, 0) is 32.3 Å². The summed E-state index contributed by atoms with van der Waals surface area (Å²) in [7, 11) is 1.91. The number of rotatable bonds is 3. The molecule has 5 nitrogen and oxygen atoms in total. The summed E-state index contributed by atoms with van der Waals surface area (Å²) in [5, 5.41) is 9.04. The normalized spacial score (nSPS) is 11.2. The SMILES string of the molecule is CCc1nn(C)c(-n2nc(C)c(CC)c2C)c1N. The van der Waals surface area contributed by atoms with Gasteiger partial charge in [0, 0.05) is 12.7 Å². The largest absolute Gasteiger partial charge is 0.394 e. The minimum atomic E-state index is 0.730. The van der Waals surface area contributed by atoms with Crippen LogP contribution in [-0.2, 0) is 19.9 Å². The molecule has 0 aliphatic heterocycles. The highest BCUT2D eigenvalue weighted by Gasteiger charge is 2.18. The molecule has 2 heterocycles. The van der Waals surface area contributed by atoms with Crippen LogP contribution in [0.2, 0.25) is 0 Å². The minimum absolute atomic E-state index is 0.730. The monoisotopic (exact) mass is 247 g/mol. The second-order valence-corrected chi connectivity index (χ2v) is 4.58. The molecule has 2 N–H and O–H groups in total. The predicted molar refractivity (Wildman–Crippen MR) is 73.0 cm³/mol. The minimum Gasteiger partial charge on any atom is -0.394 e. The van der Waals surface area contributed by atoms with Gasteiger partial charge in [0.2, 0.25) is 0 Å². The zero-order chi connectivity index (χ0) is 13.4. The molecular formula is C13H21N5. The van der Waals surface area contributed by atoms with E-state index in [4.69, 9.17) is 5.73 Å². The Morgan fingerprint density at radius 3 is 2.22 bits per heavy atom. The van der Waals surface area contributed by atoms with Gasteiger partial charge >= 0.3 is 0 Å². The second-order valence-electron chi connectivity index (χ2n) is 4.58. The van der Waals surface area contributed by atoms with Gasteiger partial charge in [0.15, 0.2) is 5.82 Å². The van der Waals surface area contributed by atoms with Crippen LogP contribution in [0.25, 0.3) is 5.82 Å². The van der Waals surface area contributed by atoms with Crippen LogP contribution in [0.15, 0.2) is 0 Å². The molecule has 2 rings (SSSR count). The third-order valence-corrected chi connectivity index (χ3v) is 3.46. The van der Waals surface area contributed by atoms with Crippen molar-refractivity contribution < 1.29 is 0 Å². The molecule has 0 aromatic carbocycles. The van der Waals surface area contributed by atoms with Gasteiger partial charge < -0.3 is 5.73 Å². The van der Waals surface area contributed by atoms with Gasteiger partial charge in [-0.2, -0.15) is 10.2 Å². The summed E-state index contributed by atoms with van der Waals surface area (Å²) in [6, 6.07) is 0. The lowest BCUT2D eigenvalue weighted by molar-refractivity contribution is 0.679. The molecule has 0 aliphatic carbocycles. The molecule has 2 aromatic rings. The molecule has 0 spiro atoms. The number of hydrogen-bond acceptors (Lipinski definition) is 3. The molecule has 98 valence electrons. The van der Waals surface area contributed by atoms with Gasteiger partial charge in [0.1, 0.15) is 5.69 Å². The zero-order valence-electron chi connectivity index (χ0n) is 11.8. The molecule has 0 bridgehead atoms. The van der Waals surface area contributed by atoms with Crippen LogP contribution in [0.3, 0.4) is 0 Å². The summed E-state index contributed by atoms with van der Waals surface area (Å²) < 4.78 is 3.72. The molecule has 0 atom stereocenters. The summed E-state index contributed by atoms with van der Waals surface area (Å²) >= 11 is 0. The molecule has 2 aromatic heterocycles. The third-order valence-electron chi connectivity index (χ3n) is 3.46. The van der Waals surface area contributed by atoms with E-state index in [1.165, 1.54) is 5.56 Å². The van der Waals surface area contributed by atoms with Crippen LogP contribution in [0.4, 0.5) is 5.69 Å². The smallest absolute Gasteiger partial charge is 0.175 e. The zero-order valence-corrected chi connectivity index (χ0v) is 11.8. The molecular weight excluding hydrogens is 226 g/mol. The van der Waals surface area contributed by atoms with Gasteiger partial charge in [0.25, 0.3) is 0 Å². The summed E-state index contributed by atoms with van der Waals surface area (Å²) in [5.41, 5.74) is 11.3. The van der Waals surface area contributed by atoms with Gasteiger partial charge in [-0.25, -0.2) is 9.36 Å². The highest BCUT2D eigenvalue weighted by atomic mass is 15.4. The molecule has 18 heavy (non-hydrogen) atoms. The van der Waals surface area contributed by atoms with Crippen molar-refractivity contribution in [2.75, 3.05) is 5.73 Å². The van der Waals surface area contributed by atoms with E-state index in [-0.39, 0.29) is 0 Å². The number of hydrogen-bond donors (Lipinski definition) is 1. The van der Waals surface area contributed by atoms with Crippen LogP contribution >= 0.6 is 0 Å². The van der Waals surface area contributed by atoms with Crippen molar-refractivity contribution in [3.8, 4) is 5.82 Å². The summed E-state index contributed by atoms with van der Waals surface area (Å²) in [5.74, 6) is 0.868. The lowest BCUT2D eigenvalue weighted by Crippen LogP contribution is -2.08.